The first-order valence-corrected chi connectivity index (χ1v) is 34.1. The summed E-state index contributed by atoms with van der Waals surface area (Å²) in [5, 5.41) is 0. The Balaban J connectivity index is 4.01. The molecule has 10 heteroatoms. The molecule has 0 bridgehead atoms. The summed E-state index contributed by atoms with van der Waals surface area (Å²) in [6.07, 6.45) is 84.4. The molecule has 0 radical (unpaired) electrons. The van der Waals surface area contributed by atoms with Gasteiger partial charge in [-0.25, -0.2) is 0 Å². The summed E-state index contributed by atoms with van der Waals surface area (Å²) in [6, 6.07) is 0. The number of esters is 2. The van der Waals surface area contributed by atoms with Gasteiger partial charge >= 0.3 is 11.9 Å². The van der Waals surface area contributed by atoms with E-state index >= 15 is 0 Å². The van der Waals surface area contributed by atoms with E-state index in [1.807, 2.05) is 21.1 Å². The standard InChI is InChI=1S/C70H122NO8P/c1-6-8-10-12-14-16-18-20-22-24-25-26-27-28-29-30-31-32-33-34-35-36-37-38-39-40-41-42-43-44-45-47-49-51-53-55-57-59-61-63-70(73)79-68(67-78-80(74,75)77-65-64-71(3,4)5)66-76-69(72)62-60-58-56-54-52-50-48-46-23-21-19-17-15-13-11-9-7-2/h8,10,14-17,20-23,25-26,28-29,31-32,34-35,68H,6-7,9,11-13,18-19,24,27,30,33,36-67H2,1-5H3/b10-8-,16-14-,17-15-,22-20-,23-21-,26-25-,29-28-,32-31-,35-34-. The Morgan fingerprint density at radius 1 is 0.400 bits per heavy atom. The quantitative estimate of drug-likeness (QED) is 0.0195. The Morgan fingerprint density at radius 3 is 1.06 bits per heavy atom. The van der Waals surface area contributed by atoms with Gasteiger partial charge in [-0.15, -0.1) is 0 Å². The molecule has 0 aromatic rings. The van der Waals surface area contributed by atoms with Gasteiger partial charge in [0.25, 0.3) is 7.82 Å². The zero-order valence-electron chi connectivity index (χ0n) is 52.2. The predicted octanol–water partition coefficient (Wildman–Crippen LogP) is 20.3. The van der Waals surface area contributed by atoms with Crippen LogP contribution in [0, 0.1) is 0 Å². The van der Waals surface area contributed by atoms with Crippen LogP contribution in [0.1, 0.15) is 271 Å². The molecule has 80 heavy (non-hydrogen) atoms. The zero-order valence-corrected chi connectivity index (χ0v) is 53.1. The minimum atomic E-state index is -4.64. The first-order valence-electron chi connectivity index (χ1n) is 32.6. The third-order valence-corrected chi connectivity index (χ3v) is 14.7. The number of allylic oxidation sites excluding steroid dienone is 18. The van der Waals surface area contributed by atoms with Crippen molar-refractivity contribution in [1.29, 1.82) is 0 Å². The highest BCUT2D eigenvalue weighted by molar-refractivity contribution is 7.45. The molecule has 0 heterocycles. The summed E-state index contributed by atoms with van der Waals surface area (Å²) in [7, 11) is 1.16. The number of hydrogen-bond donors (Lipinski definition) is 0. The van der Waals surface area contributed by atoms with Crippen molar-refractivity contribution in [3.05, 3.63) is 109 Å². The Morgan fingerprint density at radius 2 is 0.713 bits per heavy atom. The summed E-state index contributed by atoms with van der Waals surface area (Å²) in [6.45, 7) is 4.10. The molecule has 9 nitrogen and oxygen atoms in total. The van der Waals surface area contributed by atoms with Crippen LogP contribution in [0.25, 0.3) is 0 Å². The van der Waals surface area contributed by atoms with Gasteiger partial charge in [-0.2, -0.15) is 0 Å². The van der Waals surface area contributed by atoms with Crippen LogP contribution in [0.3, 0.4) is 0 Å². The second-order valence-electron chi connectivity index (χ2n) is 22.7. The molecule has 0 aromatic carbocycles. The Labute approximate surface area is 493 Å². The molecule has 2 atom stereocenters. The van der Waals surface area contributed by atoms with Gasteiger partial charge in [0.2, 0.25) is 0 Å². The minimum absolute atomic E-state index is 0.0349. The second-order valence-corrected chi connectivity index (χ2v) is 24.2. The molecule has 0 spiro atoms. The van der Waals surface area contributed by atoms with Gasteiger partial charge in [-0.05, 0) is 103 Å². The van der Waals surface area contributed by atoms with E-state index in [1.165, 1.54) is 135 Å². The fourth-order valence-electron chi connectivity index (χ4n) is 8.79. The maximum Gasteiger partial charge on any atom is 0.306 e. The number of ether oxygens (including phenoxy) is 2. The molecule has 0 aliphatic rings. The van der Waals surface area contributed by atoms with E-state index in [2.05, 4.69) is 123 Å². The van der Waals surface area contributed by atoms with E-state index in [0.29, 0.717) is 17.4 Å². The Hall–Kier alpha value is -3.33. The summed E-state index contributed by atoms with van der Waals surface area (Å²) >= 11 is 0. The average molecular weight is 1140 g/mol. The van der Waals surface area contributed by atoms with Gasteiger partial charge in [0, 0.05) is 12.8 Å². The third-order valence-electron chi connectivity index (χ3n) is 13.8. The van der Waals surface area contributed by atoms with Gasteiger partial charge < -0.3 is 27.9 Å². The van der Waals surface area contributed by atoms with Crippen LogP contribution in [-0.4, -0.2) is 70.0 Å². The number of unbranched alkanes of at least 4 members (excludes halogenated alkanes) is 27. The van der Waals surface area contributed by atoms with E-state index in [-0.39, 0.29) is 26.1 Å². The van der Waals surface area contributed by atoms with Crippen LogP contribution in [0.15, 0.2) is 109 Å². The minimum Gasteiger partial charge on any atom is -0.756 e. The lowest BCUT2D eigenvalue weighted by Gasteiger charge is -2.28. The molecule has 2 unspecified atom stereocenters. The molecule has 460 valence electrons. The monoisotopic (exact) mass is 1140 g/mol. The maximum absolute atomic E-state index is 12.8. The van der Waals surface area contributed by atoms with Gasteiger partial charge in [-0.3, -0.25) is 14.2 Å². The molecule has 0 aromatic heterocycles. The van der Waals surface area contributed by atoms with Crippen LogP contribution >= 0.6 is 7.82 Å². The molecule has 0 N–H and O–H groups in total. The van der Waals surface area contributed by atoms with Crippen molar-refractivity contribution >= 4 is 19.8 Å². The lowest BCUT2D eigenvalue weighted by Crippen LogP contribution is -2.37. The van der Waals surface area contributed by atoms with Crippen molar-refractivity contribution in [3.63, 3.8) is 0 Å². The van der Waals surface area contributed by atoms with Crippen molar-refractivity contribution in [2.24, 2.45) is 0 Å². The second kappa shape index (κ2) is 60.3. The Bertz CT molecular complexity index is 1720. The van der Waals surface area contributed by atoms with Gasteiger partial charge in [0.05, 0.1) is 27.7 Å². The van der Waals surface area contributed by atoms with E-state index in [4.69, 9.17) is 18.5 Å². The number of nitrogens with zero attached hydrogens (tertiary/aromatic N) is 1. The van der Waals surface area contributed by atoms with E-state index in [0.717, 1.165) is 103 Å². The van der Waals surface area contributed by atoms with Crippen molar-refractivity contribution in [2.45, 2.75) is 277 Å². The van der Waals surface area contributed by atoms with Crippen LogP contribution in [0.4, 0.5) is 0 Å². The van der Waals surface area contributed by atoms with Gasteiger partial charge in [0.1, 0.15) is 19.8 Å². The van der Waals surface area contributed by atoms with Crippen molar-refractivity contribution in [3.8, 4) is 0 Å². The van der Waals surface area contributed by atoms with Gasteiger partial charge in [-0.1, -0.05) is 264 Å². The van der Waals surface area contributed by atoms with Gasteiger partial charge in [0.15, 0.2) is 6.10 Å². The number of carbonyl (C=O) groups excluding carboxylic acids is 2. The number of phosphoric ester groups is 1. The van der Waals surface area contributed by atoms with Crippen molar-refractivity contribution in [2.75, 3.05) is 47.5 Å². The lowest BCUT2D eigenvalue weighted by atomic mass is 10.0. The average Bonchev–Trinajstić information content (AvgIpc) is 3.42. The number of carbonyl (C=O) groups is 2. The number of likely N-dealkylation sites (N-methyl/N-ethyl adjacent to an activating group) is 1. The number of phosphoric acid groups is 1. The summed E-state index contributed by atoms with van der Waals surface area (Å²) < 4.78 is 34.2. The molecule has 0 saturated carbocycles. The maximum atomic E-state index is 12.8. The van der Waals surface area contributed by atoms with Crippen LogP contribution < -0.4 is 4.89 Å². The van der Waals surface area contributed by atoms with Crippen molar-refractivity contribution in [1.82, 2.24) is 0 Å². The molecule has 0 amide bonds. The largest absolute Gasteiger partial charge is 0.756 e. The first-order chi connectivity index (χ1) is 39.0. The van der Waals surface area contributed by atoms with Crippen molar-refractivity contribution < 1.29 is 42.1 Å². The lowest BCUT2D eigenvalue weighted by molar-refractivity contribution is -0.870. The third kappa shape index (κ3) is 63.8. The van der Waals surface area contributed by atoms with Crippen LogP contribution in [0.5, 0.6) is 0 Å². The number of hydrogen-bond acceptors (Lipinski definition) is 8. The summed E-state index contributed by atoms with van der Waals surface area (Å²) in [4.78, 5) is 37.9. The number of rotatable bonds is 59. The molecular formula is C70H122NO8P. The molecule has 0 aliphatic carbocycles. The number of quaternary nitrogens is 1. The first kappa shape index (κ1) is 76.7. The van der Waals surface area contributed by atoms with E-state index in [1.54, 1.807) is 0 Å². The molecular weight excluding hydrogens is 1010 g/mol. The summed E-state index contributed by atoms with van der Waals surface area (Å²) in [5.41, 5.74) is 0. The fraction of sp³-hybridized carbons (Fsp3) is 0.714. The fourth-order valence-corrected chi connectivity index (χ4v) is 9.51. The van der Waals surface area contributed by atoms with Crippen LogP contribution in [0.2, 0.25) is 0 Å². The van der Waals surface area contributed by atoms with Crippen LogP contribution in [-0.2, 0) is 32.7 Å². The molecule has 0 saturated heterocycles. The molecule has 0 fully saturated rings. The predicted molar refractivity (Wildman–Crippen MR) is 342 cm³/mol. The highest BCUT2D eigenvalue weighted by Crippen LogP contribution is 2.38. The van der Waals surface area contributed by atoms with E-state index in [9.17, 15) is 19.0 Å². The summed E-state index contributed by atoms with van der Waals surface area (Å²) in [5.74, 6) is -0.839. The normalized spacial score (nSPS) is 13.9. The molecule has 0 rings (SSSR count). The SMILES string of the molecule is CC/C=C\C/C=C\C/C=C\C/C=C\C/C=C\C/C=C\C/C=C\CCCCCCCCCCCCCCCCCCCC(=O)OC(COC(=O)CCCCCCCCC/C=C\C/C=C\CCCCC)COP(=O)([O-])OCC[N+](C)(C)C. The van der Waals surface area contributed by atoms with E-state index < -0.39 is 32.5 Å². The highest BCUT2D eigenvalue weighted by Gasteiger charge is 2.22. The zero-order chi connectivity index (χ0) is 58.4. The smallest absolute Gasteiger partial charge is 0.306 e. The Kier molecular flexibility index (Phi) is 57.8. The topological polar surface area (TPSA) is 111 Å². The molecule has 0 aliphatic heterocycles. The highest BCUT2D eigenvalue weighted by atomic mass is 31.2.